The predicted octanol–water partition coefficient (Wildman–Crippen LogP) is 4.79. The van der Waals surface area contributed by atoms with E-state index in [4.69, 9.17) is 33.0 Å². The minimum Gasteiger partial charge on any atom is -0.478 e. The Balaban J connectivity index is 2.45. The van der Waals surface area contributed by atoms with Crippen molar-refractivity contribution in [1.82, 2.24) is 0 Å². The minimum atomic E-state index is -1.05. The van der Waals surface area contributed by atoms with Crippen LogP contribution in [0.2, 0.25) is 10.0 Å². The normalized spacial score (nSPS) is 10.3. The molecule has 0 aliphatic carbocycles. The number of hydrogen-bond acceptors (Lipinski definition) is 2. The van der Waals surface area contributed by atoms with E-state index in [1.54, 1.807) is 37.3 Å². The predicted molar refractivity (Wildman–Crippen MR) is 74.7 cm³/mol. The fraction of sp³-hybridized carbons (Fsp3) is 0.0714. The smallest absolute Gasteiger partial charge is 0.339 e. The molecule has 0 atom stereocenters. The van der Waals surface area contributed by atoms with Gasteiger partial charge >= 0.3 is 5.97 Å². The highest BCUT2D eigenvalue weighted by Gasteiger charge is 2.14. The summed E-state index contributed by atoms with van der Waals surface area (Å²) in [5, 5.41) is 9.99. The standard InChI is InChI=1S/C14H10Cl2O3/c1-8-3-2-4-12(14(17)18)13(8)19-11-6-9(15)5-10(16)7-11/h2-7H,1H3,(H,17,18). The third-order valence-corrected chi connectivity index (χ3v) is 2.93. The van der Waals surface area contributed by atoms with Gasteiger partial charge in [0.25, 0.3) is 0 Å². The molecular weight excluding hydrogens is 287 g/mol. The van der Waals surface area contributed by atoms with Gasteiger partial charge in [0.15, 0.2) is 0 Å². The van der Waals surface area contributed by atoms with E-state index in [2.05, 4.69) is 0 Å². The van der Waals surface area contributed by atoms with Crippen LogP contribution in [-0.4, -0.2) is 11.1 Å². The molecule has 2 rings (SSSR count). The zero-order valence-corrected chi connectivity index (χ0v) is 11.5. The number of carbonyl (C=O) groups is 1. The third kappa shape index (κ3) is 3.19. The van der Waals surface area contributed by atoms with Crippen molar-refractivity contribution in [2.45, 2.75) is 6.92 Å². The second-order valence-electron chi connectivity index (χ2n) is 3.96. The van der Waals surface area contributed by atoms with Crippen LogP contribution in [0.15, 0.2) is 36.4 Å². The van der Waals surface area contributed by atoms with Crippen molar-refractivity contribution in [2.24, 2.45) is 0 Å². The van der Waals surface area contributed by atoms with Crippen LogP contribution in [0.5, 0.6) is 11.5 Å². The number of rotatable bonds is 3. The van der Waals surface area contributed by atoms with Gasteiger partial charge in [-0.1, -0.05) is 35.3 Å². The van der Waals surface area contributed by atoms with Gasteiger partial charge < -0.3 is 9.84 Å². The lowest BCUT2D eigenvalue weighted by atomic mass is 10.1. The largest absolute Gasteiger partial charge is 0.478 e. The lowest BCUT2D eigenvalue weighted by Gasteiger charge is -2.12. The maximum Gasteiger partial charge on any atom is 0.339 e. The van der Waals surface area contributed by atoms with Crippen molar-refractivity contribution in [3.8, 4) is 11.5 Å². The van der Waals surface area contributed by atoms with Crippen molar-refractivity contribution in [3.63, 3.8) is 0 Å². The van der Waals surface area contributed by atoms with Crippen molar-refractivity contribution in [1.29, 1.82) is 0 Å². The molecule has 0 saturated carbocycles. The van der Waals surface area contributed by atoms with Crippen LogP contribution in [0.4, 0.5) is 0 Å². The summed E-state index contributed by atoms with van der Waals surface area (Å²) in [5.41, 5.74) is 0.812. The number of aromatic carboxylic acids is 1. The van der Waals surface area contributed by atoms with E-state index in [1.165, 1.54) is 6.07 Å². The first-order chi connectivity index (χ1) is 8.97. The summed E-state index contributed by atoms with van der Waals surface area (Å²) in [6.07, 6.45) is 0. The van der Waals surface area contributed by atoms with Gasteiger partial charge in [-0.2, -0.15) is 0 Å². The van der Waals surface area contributed by atoms with Gasteiger partial charge in [0.05, 0.1) is 0 Å². The molecule has 0 saturated heterocycles. The molecule has 0 aromatic heterocycles. The Morgan fingerprint density at radius 2 is 1.79 bits per heavy atom. The summed E-state index contributed by atoms with van der Waals surface area (Å²) in [4.78, 5) is 11.2. The number of carboxylic acids is 1. The van der Waals surface area contributed by atoms with Gasteiger partial charge in [0.1, 0.15) is 17.1 Å². The fourth-order valence-electron chi connectivity index (χ4n) is 1.66. The molecule has 0 spiro atoms. The second-order valence-corrected chi connectivity index (χ2v) is 4.84. The molecule has 0 bridgehead atoms. The first kappa shape index (κ1) is 13.7. The molecule has 0 amide bonds. The molecule has 0 heterocycles. The van der Waals surface area contributed by atoms with Crippen LogP contribution in [0.1, 0.15) is 15.9 Å². The topological polar surface area (TPSA) is 46.5 Å². The lowest BCUT2D eigenvalue weighted by Crippen LogP contribution is -2.01. The molecule has 0 radical (unpaired) electrons. The van der Waals surface area contributed by atoms with E-state index >= 15 is 0 Å². The Hall–Kier alpha value is -1.71. The number of benzene rings is 2. The van der Waals surface area contributed by atoms with Crippen molar-refractivity contribution in [3.05, 3.63) is 57.6 Å². The quantitative estimate of drug-likeness (QED) is 0.885. The summed E-state index contributed by atoms with van der Waals surface area (Å²) in [7, 11) is 0. The molecule has 1 N–H and O–H groups in total. The molecule has 98 valence electrons. The highest BCUT2D eigenvalue weighted by atomic mass is 35.5. The SMILES string of the molecule is Cc1cccc(C(=O)O)c1Oc1cc(Cl)cc(Cl)c1. The van der Waals surface area contributed by atoms with Crippen LogP contribution in [0.3, 0.4) is 0 Å². The number of para-hydroxylation sites is 1. The Labute approximate surface area is 120 Å². The number of ether oxygens (including phenoxy) is 1. The van der Waals surface area contributed by atoms with Crippen molar-refractivity contribution < 1.29 is 14.6 Å². The third-order valence-electron chi connectivity index (χ3n) is 2.50. The fourth-order valence-corrected chi connectivity index (χ4v) is 2.17. The molecule has 2 aromatic carbocycles. The number of aryl methyl sites for hydroxylation is 1. The van der Waals surface area contributed by atoms with E-state index in [0.29, 0.717) is 15.8 Å². The van der Waals surface area contributed by atoms with E-state index in [1.807, 2.05) is 0 Å². The highest BCUT2D eigenvalue weighted by molar-refractivity contribution is 6.34. The average molecular weight is 297 g/mol. The summed E-state index contributed by atoms with van der Waals surface area (Å²) < 4.78 is 5.61. The Morgan fingerprint density at radius 1 is 1.16 bits per heavy atom. The van der Waals surface area contributed by atoms with E-state index < -0.39 is 5.97 Å². The zero-order valence-electron chi connectivity index (χ0n) is 9.98. The molecule has 2 aromatic rings. The summed E-state index contributed by atoms with van der Waals surface area (Å²) in [6, 6.07) is 9.64. The first-order valence-electron chi connectivity index (χ1n) is 5.44. The maximum atomic E-state index is 11.2. The Kier molecular flexibility index (Phi) is 3.98. The number of carboxylic acid groups (broad SMARTS) is 1. The van der Waals surface area contributed by atoms with Gasteiger partial charge in [-0.25, -0.2) is 4.79 Å². The van der Waals surface area contributed by atoms with E-state index in [9.17, 15) is 4.79 Å². The number of halogens is 2. The Morgan fingerprint density at radius 3 is 2.37 bits per heavy atom. The van der Waals surface area contributed by atoms with Crippen LogP contribution in [0, 0.1) is 6.92 Å². The molecule has 0 unspecified atom stereocenters. The molecular formula is C14H10Cl2O3. The van der Waals surface area contributed by atoms with Crippen molar-refractivity contribution >= 4 is 29.2 Å². The summed E-state index contributed by atoms with van der Waals surface area (Å²) in [5.74, 6) is -0.366. The first-order valence-corrected chi connectivity index (χ1v) is 6.20. The number of hydrogen-bond donors (Lipinski definition) is 1. The molecule has 19 heavy (non-hydrogen) atoms. The second kappa shape index (κ2) is 5.51. The summed E-state index contributed by atoms with van der Waals surface area (Å²) >= 11 is 11.8. The molecule has 0 aliphatic rings. The van der Waals surface area contributed by atoms with Crippen molar-refractivity contribution in [2.75, 3.05) is 0 Å². The highest BCUT2D eigenvalue weighted by Crippen LogP contribution is 2.32. The van der Waals surface area contributed by atoms with Gasteiger partial charge in [-0.05, 0) is 36.8 Å². The van der Waals surface area contributed by atoms with Gasteiger partial charge in [-0.15, -0.1) is 0 Å². The Bertz CT molecular complexity index is 618. The molecule has 5 heteroatoms. The molecule has 3 nitrogen and oxygen atoms in total. The van der Waals surface area contributed by atoms with E-state index in [0.717, 1.165) is 5.56 Å². The maximum absolute atomic E-state index is 11.2. The summed E-state index contributed by atoms with van der Waals surface area (Å²) in [6.45, 7) is 1.77. The average Bonchev–Trinajstić information content (AvgIpc) is 2.30. The lowest BCUT2D eigenvalue weighted by molar-refractivity contribution is 0.0694. The molecule has 0 aliphatic heterocycles. The van der Waals surface area contributed by atoms with Crippen LogP contribution < -0.4 is 4.74 Å². The van der Waals surface area contributed by atoms with E-state index in [-0.39, 0.29) is 11.3 Å². The van der Waals surface area contributed by atoms with Crippen LogP contribution in [0.25, 0.3) is 0 Å². The van der Waals surface area contributed by atoms with Crippen LogP contribution >= 0.6 is 23.2 Å². The van der Waals surface area contributed by atoms with Crippen LogP contribution in [-0.2, 0) is 0 Å². The molecule has 0 fully saturated rings. The van der Waals surface area contributed by atoms with Gasteiger partial charge in [0.2, 0.25) is 0 Å². The monoisotopic (exact) mass is 296 g/mol. The zero-order chi connectivity index (χ0) is 14.0. The van der Waals surface area contributed by atoms with Gasteiger partial charge in [-0.3, -0.25) is 0 Å². The van der Waals surface area contributed by atoms with Gasteiger partial charge in [0, 0.05) is 10.0 Å². The minimum absolute atomic E-state index is 0.0936.